The summed E-state index contributed by atoms with van der Waals surface area (Å²) in [4.78, 5) is 23.1. The minimum absolute atomic E-state index is 0.0409. The van der Waals surface area contributed by atoms with Crippen LogP contribution in [0.5, 0.6) is 0 Å². The van der Waals surface area contributed by atoms with E-state index in [-0.39, 0.29) is 23.1 Å². The average Bonchev–Trinajstić information content (AvgIpc) is 2.61. The number of amides is 1. The highest BCUT2D eigenvalue weighted by Crippen LogP contribution is 2.13. The maximum atomic E-state index is 12.4. The Kier molecular flexibility index (Phi) is 6.06. The molecule has 25 heavy (non-hydrogen) atoms. The summed E-state index contributed by atoms with van der Waals surface area (Å²) < 4.78 is 27.2. The molecule has 0 aliphatic rings. The highest BCUT2D eigenvalue weighted by Gasteiger charge is 2.15. The maximum Gasteiger partial charge on any atom is 0.251 e. The van der Waals surface area contributed by atoms with Gasteiger partial charge in [-0.1, -0.05) is 24.3 Å². The fraction of sp³-hybridized carbons (Fsp3) is 0.222. The molecule has 2 N–H and O–H groups in total. The molecule has 0 bridgehead atoms. The SMILES string of the molecule is CCNC(=O)c1ccc(CNS(=O)(=O)c2cccc(C(C)=O)c2)cc1. The molecule has 0 radical (unpaired) electrons. The first-order valence-corrected chi connectivity index (χ1v) is 9.29. The molecule has 0 aromatic heterocycles. The molecule has 0 aliphatic heterocycles. The van der Waals surface area contributed by atoms with Crippen LogP contribution in [0.4, 0.5) is 0 Å². The first-order valence-electron chi connectivity index (χ1n) is 7.81. The van der Waals surface area contributed by atoms with Gasteiger partial charge in [0.15, 0.2) is 5.78 Å². The van der Waals surface area contributed by atoms with Crippen molar-refractivity contribution < 1.29 is 18.0 Å². The molecule has 0 fully saturated rings. The summed E-state index contributed by atoms with van der Waals surface area (Å²) >= 11 is 0. The monoisotopic (exact) mass is 360 g/mol. The van der Waals surface area contributed by atoms with Gasteiger partial charge in [-0.05, 0) is 43.7 Å². The molecule has 0 aliphatic carbocycles. The molecule has 7 heteroatoms. The van der Waals surface area contributed by atoms with E-state index in [0.29, 0.717) is 17.7 Å². The van der Waals surface area contributed by atoms with Crippen molar-refractivity contribution in [2.45, 2.75) is 25.3 Å². The quantitative estimate of drug-likeness (QED) is 0.740. The van der Waals surface area contributed by atoms with Crippen molar-refractivity contribution in [1.82, 2.24) is 10.0 Å². The molecule has 0 heterocycles. The Bertz CT molecular complexity index is 874. The lowest BCUT2D eigenvalue weighted by Crippen LogP contribution is -2.24. The number of hydrogen-bond donors (Lipinski definition) is 2. The predicted molar refractivity (Wildman–Crippen MR) is 94.9 cm³/mol. The lowest BCUT2D eigenvalue weighted by molar-refractivity contribution is 0.0954. The third kappa shape index (κ3) is 4.98. The molecular weight excluding hydrogens is 340 g/mol. The second-order valence-corrected chi connectivity index (χ2v) is 7.23. The minimum Gasteiger partial charge on any atom is -0.352 e. The Balaban J connectivity index is 2.08. The van der Waals surface area contributed by atoms with E-state index in [0.717, 1.165) is 5.56 Å². The van der Waals surface area contributed by atoms with Crippen LogP contribution in [-0.4, -0.2) is 26.7 Å². The largest absolute Gasteiger partial charge is 0.352 e. The van der Waals surface area contributed by atoms with E-state index in [1.807, 2.05) is 6.92 Å². The Hall–Kier alpha value is -2.51. The number of nitrogens with one attached hydrogen (secondary N) is 2. The number of sulfonamides is 1. The summed E-state index contributed by atoms with van der Waals surface area (Å²) in [5.41, 5.74) is 1.58. The maximum absolute atomic E-state index is 12.4. The van der Waals surface area contributed by atoms with Gasteiger partial charge in [-0.15, -0.1) is 0 Å². The van der Waals surface area contributed by atoms with Crippen LogP contribution < -0.4 is 10.0 Å². The van der Waals surface area contributed by atoms with Crippen molar-refractivity contribution in [3.63, 3.8) is 0 Å². The van der Waals surface area contributed by atoms with Crippen LogP contribution in [0.15, 0.2) is 53.4 Å². The molecule has 0 saturated carbocycles. The van der Waals surface area contributed by atoms with E-state index in [2.05, 4.69) is 10.0 Å². The van der Waals surface area contributed by atoms with Crippen molar-refractivity contribution in [2.24, 2.45) is 0 Å². The van der Waals surface area contributed by atoms with Crippen LogP contribution >= 0.6 is 0 Å². The van der Waals surface area contributed by atoms with Gasteiger partial charge < -0.3 is 5.32 Å². The van der Waals surface area contributed by atoms with E-state index in [1.54, 1.807) is 30.3 Å². The molecule has 0 unspecified atom stereocenters. The van der Waals surface area contributed by atoms with Gasteiger partial charge in [0.25, 0.3) is 5.91 Å². The van der Waals surface area contributed by atoms with Crippen LogP contribution in [0.2, 0.25) is 0 Å². The molecule has 2 aromatic rings. The fourth-order valence-corrected chi connectivity index (χ4v) is 3.24. The number of hydrogen-bond acceptors (Lipinski definition) is 4. The molecule has 2 aromatic carbocycles. The van der Waals surface area contributed by atoms with Crippen LogP contribution in [0.25, 0.3) is 0 Å². The van der Waals surface area contributed by atoms with Crippen molar-refractivity contribution >= 4 is 21.7 Å². The zero-order valence-corrected chi connectivity index (χ0v) is 14.9. The van der Waals surface area contributed by atoms with E-state index in [9.17, 15) is 18.0 Å². The van der Waals surface area contributed by atoms with Gasteiger partial charge in [0.2, 0.25) is 10.0 Å². The molecule has 0 spiro atoms. The van der Waals surface area contributed by atoms with Crippen LogP contribution in [0, 0.1) is 0 Å². The Morgan fingerprint density at radius 3 is 2.28 bits per heavy atom. The summed E-state index contributed by atoms with van der Waals surface area (Å²) in [6.07, 6.45) is 0. The van der Waals surface area contributed by atoms with Crippen LogP contribution in [0.1, 0.15) is 40.1 Å². The second kappa shape index (κ2) is 8.04. The van der Waals surface area contributed by atoms with E-state index in [4.69, 9.17) is 0 Å². The summed E-state index contributed by atoms with van der Waals surface area (Å²) in [7, 11) is -3.73. The molecule has 2 rings (SSSR count). The highest BCUT2D eigenvalue weighted by atomic mass is 32.2. The van der Waals surface area contributed by atoms with Crippen molar-refractivity contribution in [3.05, 3.63) is 65.2 Å². The van der Waals surface area contributed by atoms with Gasteiger partial charge in [-0.25, -0.2) is 13.1 Å². The third-order valence-electron chi connectivity index (χ3n) is 3.57. The standard InChI is InChI=1S/C18H20N2O4S/c1-3-19-18(22)15-9-7-14(8-10-15)12-20-25(23,24)17-6-4-5-16(11-17)13(2)21/h4-11,20H,3,12H2,1-2H3,(H,19,22). The first kappa shape index (κ1) is 18.8. The summed E-state index contributed by atoms with van der Waals surface area (Å²) in [5.74, 6) is -0.367. The lowest BCUT2D eigenvalue weighted by atomic mass is 10.1. The summed E-state index contributed by atoms with van der Waals surface area (Å²) in [6.45, 7) is 3.85. The molecule has 132 valence electrons. The number of benzene rings is 2. The Morgan fingerprint density at radius 1 is 1.00 bits per heavy atom. The van der Waals surface area contributed by atoms with Gasteiger partial charge in [0.05, 0.1) is 4.90 Å². The number of rotatable bonds is 7. The van der Waals surface area contributed by atoms with Gasteiger partial charge in [0.1, 0.15) is 0 Å². The fourth-order valence-electron chi connectivity index (χ4n) is 2.18. The zero-order chi connectivity index (χ0) is 18.4. The van der Waals surface area contributed by atoms with Gasteiger partial charge in [-0.3, -0.25) is 9.59 Å². The highest BCUT2D eigenvalue weighted by molar-refractivity contribution is 7.89. The van der Waals surface area contributed by atoms with Crippen LogP contribution in [-0.2, 0) is 16.6 Å². The smallest absolute Gasteiger partial charge is 0.251 e. The Labute approximate surface area is 147 Å². The zero-order valence-electron chi connectivity index (χ0n) is 14.1. The number of carbonyl (C=O) groups is 2. The predicted octanol–water partition coefficient (Wildman–Crippen LogP) is 2.12. The van der Waals surface area contributed by atoms with E-state index >= 15 is 0 Å². The number of ketones is 1. The van der Waals surface area contributed by atoms with Gasteiger partial charge in [0, 0.05) is 24.2 Å². The summed E-state index contributed by atoms with van der Waals surface area (Å²) in [5, 5.41) is 2.70. The molecular formula is C18H20N2O4S. The summed E-state index contributed by atoms with van der Waals surface area (Å²) in [6, 6.07) is 12.6. The topological polar surface area (TPSA) is 92.3 Å². The van der Waals surface area contributed by atoms with Gasteiger partial charge in [-0.2, -0.15) is 0 Å². The molecule has 1 amide bonds. The number of carbonyl (C=O) groups excluding carboxylic acids is 2. The van der Waals surface area contributed by atoms with E-state index < -0.39 is 10.0 Å². The minimum atomic E-state index is -3.73. The van der Waals surface area contributed by atoms with Gasteiger partial charge >= 0.3 is 0 Å². The molecule has 0 atom stereocenters. The normalized spacial score (nSPS) is 11.1. The molecule has 6 nitrogen and oxygen atoms in total. The van der Waals surface area contributed by atoms with E-state index in [1.165, 1.54) is 25.1 Å². The Morgan fingerprint density at radius 2 is 1.68 bits per heavy atom. The average molecular weight is 360 g/mol. The first-order chi connectivity index (χ1) is 11.8. The van der Waals surface area contributed by atoms with Crippen molar-refractivity contribution in [1.29, 1.82) is 0 Å². The lowest BCUT2D eigenvalue weighted by Gasteiger charge is -2.08. The van der Waals surface area contributed by atoms with Crippen LogP contribution in [0.3, 0.4) is 0 Å². The molecule has 0 saturated heterocycles. The second-order valence-electron chi connectivity index (χ2n) is 5.46. The third-order valence-corrected chi connectivity index (χ3v) is 4.97. The van der Waals surface area contributed by atoms with Crippen molar-refractivity contribution in [2.75, 3.05) is 6.54 Å². The number of Topliss-reactive ketones (excluding diaryl/α,β-unsaturated/α-hetero) is 1. The van der Waals surface area contributed by atoms with Crippen molar-refractivity contribution in [3.8, 4) is 0 Å².